The van der Waals surface area contributed by atoms with Gasteiger partial charge in [-0.05, 0) is 36.2 Å². The highest BCUT2D eigenvalue weighted by Gasteiger charge is 2.26. The summed E-state index contributed by atoms with van der Waals surface area (Å²) in [5, 5.41) is 0. The Kier molecular flexibility index (Phi) is 3.08. The molecule has 2 aromatic heterocycles. The molecule has 0 unspecified atom stereocenters. The first-order valence-electron chi connectivity index (χ1n) is 7.30. The highest BCUT2D eigenvalue weighted by atomic mass is 16.3. The monoisotopic (exact) mass is 306 g/mol. The van der Waals surface area contributed by atoms with E-state index in [1.807, 2.05) is 24.3 Å². The summed E-state index contributed by atoms with van der Waals surface area (Å²) in [7, 11) is 0. The first-order chi connectivity index (χ1) is 11.2. The van der Waals surface area contributed by atoms with Crippen molar-refractivity contribution in [1.29, 1.82) is 0 Å². The molecule has 4 rings (SSSR count). The fourth-order valence-corrected chi connectivity index (χ4v) is 2.81. The maximum absolute atomic E-state index is 12.8. The smallest absolute Gasteiger partial charge is 0.277 e. The molecule has 0 atom stereocenters. The Morgan fingerprint density at radius 3 is 2.87 bits per heavy atom. The molecule has 0 aliphatic carbocycles. The number of carbonyl (C=O) groups excluding carboxylic acids is 1. The molecular weight excluding hydrogens is 292 g/mol. The number of aromatic nitrogens is 2. The van der Waals surface area contributed by atoms with Crippen molar-refractivity contribution in [2.45, 2.75) is 6.42 Å². The maximum atomic E-state index is 12.8. The Bertz CT molecular complexity index is 874. The predicted molar refractivity (Wildman–Crippen MR) is 86.0 cm³/mol. The van der Waals surface area contributed by atoms with Gasteiger partial charge in [0.15, 0.2) is 5.76 Å². The van der Waals surface area contributed by atoms with E-state index in [0.29, 0.717) is 18.0 Å². The highest BCUT2D eigenvalue weighted by Crippen LogP contribution is 2.29. The number of carbonyl (C=O) groups is 1. The van der Waals surface area contributed by atoms with Crippen LogP contribution in [-0.2, 0) is 6.42 Å². The van der Waals surface area contributed by atoms with Crippen LogP contribution < -0.4 is 10.6 Å². The minimum atomic E-state index is -0.183. The van der Waals surface area contributed by atoms with Crippen molar-refractivity contribution in [3.05, 3.63) is 60.0 Å². The Balaban J connectivity index is 1.73. The van der Waals surface area contributed by atoms with Gasteiger partial charge in [0.2, 0.25) is 5.95 Å². The fraction of sp³-hybridized carbons (Fsp3) is 0.118. The van der Waals surface area contributed by atoms with Gasteiger partial charge in [0.05, 0.1) is 6.26 Å². The van der Waals surface area contributed by atoms with Gasteiger partial charge >= 0.3 is 0 Å². The molecule has 1 aliphatic heterocycles. The van der Waals surface area contributed by atoms with Crippen molar-refractivity contribution in [1.82, 2.24) is 9.97 Å². The van der Waals surface area contributed by atoms with Crippen LogP contribution in [0.1, 0.15) is 16.1 Å². The Hall–Kier alpha value is -3.15. The van der Waals surface area contributed by atoms with Crippen LogP contribution in [-0.4, -0.2) is 22.4 Å². The van der Waals surface area contributed by atoms with Crippen LogP contribution in [0.2, 0.25) is 0 Å². The Labute approximate surface area is 132 Å². The van der Waals surface area contributed by atoms with E-state index >= 15 is 0 Å². The lowest BCUT2D eigenvalue weighted by Gasteiger charge is -2.17. The zero-order chi connectivity index (χ0) is 15.8. The Morgan fingerprint density at radius 1 is 1.17 bits per heavy atom. The van der Waals surface area contributed by atoms with Gasteiger partial charge in [0.1, 0.15) is 11.4 Å². The van der Waals surface area contributed by atoms with E-state index in [-0.39, 0.29) is 17.5 Å². The van der Waals surface area contributed by atoms with Crippen molar-refractivity contribution in [2.75, 3.05) is 17.2 Å². The van der Waals surface area contributed by atoms with Crippen molar-refractivity contribution in [2.24, 2.45) is 0 Å². The van der Waals surface area contributed by atoms with Gasteiger partial charge in [0, 0.05) is 12.2 Å². The molecule has 1 amide bonds. The SMILES string of the molecule is Nc1nc(C(=O)N2CCc3ccccc32)cc(-c2ccco2)n1. The molecule has 0 saturated heterocycles. The van der Waals surface area contributed by atoms with Crippen molar-refractivity contribution in [3.63, 3.8) is 0 Å². The zero-order valence-electron chi connectivity index (χ0n) is 12.3. The summed E-state index contributed by atoms with van der Waals surface area (Å²) in [6.07, 6.45) is 2.39. The fourth-order valence-electron chi connectivity index (χ4n) is 2.81. The normalized spacial score (nSPS) is 13.1. The quantitative estimate of drug-likeness (QED) is 0.786. The number of nitrogens with two attached hydrogens (primary N) is 1. The maximum Gasteiger partial charge on any atom is 0.277 e. The molecule has 3 heterocycles. The zero-order valence-corrected chi connectivity index (χ0v) is 12.3. The lowest BCUT2D eigenvalue weighted by Crippen LogP contribution is -2.30. The van der Waals surface area contributed by atoms with Crippen molar-refractivity contribution in [3.8, 4) is 11.5 Å². The second-order valence-corrected chi connectivity index (χ2v) is 5.31. The largest absolute Gasteiger partial charge is 0.463 e. The molecule has 6 heteroatoms. The predicted octanol–water partition coefficient (Wildman–Crippen LogP) is 2.52. The minimum Gasteiger partial charge on any atom is -0.463 e. The molecule has 23 heavy (non-hydrogen) atoms. The van der Waals surface area contributed by atoms with E-state index in [1.165, 1.54) is 0 Å². The van der Waals surface area contributed by atoms with Gasteiger partial charge in [0.25, 0.3) is 5.91 Å². The summed E-state index contributed by atoms with van der Waals surface area (Å²) < 4.78 is 5.32. The van der Waals surface area contributed by atoms with Gasteiger partial charge in [-0.15, -0.1) is 0 Å². The Morgan fingerprint density at radius 2 is 2.04 bits per heavy atom. The van der Waals surface area contributed by atoms with Gasteiger partial charge in [-0.25, -0.2) is 9.97 Å². The van der Waals surface area contributed by atoms with Crippen LogP contribution in [0.4, 0.5) is 11.6 Å². The van der Waals surface area contributed by atoms with E-state index in [2.05, 4.69) is 9.97 Å². The third kappa shape index (κ3) is 2.34. The van der Waals surface area contributed by atoms with Crippen LogP contribution in [0.5, 0.6) is 0 Å². The number of nitrogens with zero attached hydrogens (tertiary/aromatic N) is 3. The van der Waals surface area contributed by atoms with Crippen molar-refractivity contribution < 1.29 is 9.21 Å². The number of hydrogen-bond donors (Lipinski definition) is 1. The summed E-state index contributed by atoms with van der Waals surface area (Å²) in [5.41, 5.74) is 8.61. The second-order valence-electron chi connectivity index (χ2n) is 5.31. The van der Waals surface area contributed by atoms with E-state index in [9.17, 15) is 4.79 Å². The summed E-state index contributed by atoms with van der Waals surface area (Å²) in [6, 6.07) is 13.0. The van der Waals surface area contributed by atoms with Gasteiger partial charge in [-0.1, -0.05) is 18.2 Å². The first kappa shape index (κ1) is 13.5. The molecule has 0 radical (unpaired) electrons. The lowest BCUT2D eigenvalue weighted by atomic mass is 10.2. The molecule has 114 valence electrons. The molecule has 2 N–H and O–H groups in total. The number of amides is 1. The van der Waals surface area contributed by atoms with Crippen LogP contribution >= 0.6 is 0 Å². The van der Waals surface area contributed by atoms with Crippen LogP contribution in [0, 0.1) is 0 Å². The van der Waals surface area contributed by atoms with Gasteiger partial charge in [-0.2, -0.15) is 0 Å². The molecular formula is C17H14N4O2. The summed E-state index contributed by atoms with van der Waals surface area (Å²) >= 11 is 0. The standard InChI is InChI=1S/C17H14N4O2/c18-17-19-12(15-6-3-9-23-15)10-13(20-17)16(22)21-8-7-11-4-1-2-5-14(11)21/h1-6,9-10H,7-8H2,(H2,18,19,20). The third-order valence-electron chi connectivity index (χ3n) is 3.87. The summed E-state index contributed by atoms with van der Waals surface area (Å²) in [6.45, 7) is 0.637. The van der Waals surface area contributed by atoms with Crippen LogP contribution in [0.15, 0.2) is 53.1 Å². The lowest BCUT2D eigenvalue weighted by molar-refractivity contribution is 0.0984. The number of nitrogen functional groups attached to an aromatic ring is 1. The van der Waals surface area contributed by atoms with Gasteiger partial charge < -0.3 is 15.1 Å². The van der Waals surface area contributed by atoms with E-state index in [0.717, 1.165) is 17.7 Å². The van der Waals surface area contributed by atoms with Crippen molar-refractivity contribution >= 4 is 17.5 Å². The molecule has 0 saturated carbocycles. The topological polar surface area (TPSA) is 85.2 Å². The minimum absolute atomic E-state index is 0.0507. The highest BCUT2D eigenvalue weighted by molar-refractivity contribution is 6.06. The molecule has 6 nitrogen and oxygen atoms in total. The van der Waals surface area contributed by atoms with Crippen LogP contribution in [0.3, 0.4) is 0 Å². The van der Waals surface area contributed by atoms with E-state index < -0.39 is 0 Å². The number of furan rings is 1. The molecule has 0 fully saturated rings. The number of fused-ring (bicyclic) bond motifs is 1. The molecule has 0 spiro atoms. The average molecular weight is 306 g/mol. The number of anilines is 2. The number of hydrogen-bond acceptors (Lipinski definition) is 5. The number of benzene rings is 1. The summed E-state index contributed by atoms with van der Waals surface area (Å²) in [5.74, 6) is 0.418. The molecule has 1 aliphatic rings. The molecule has 1 aromatic carbocycles. The van der Waals surface area contributed by atoms with E-state index in [4.69, 9.17) is 10.2 Å². The first-order valence-corrected chi connectivity index (χ1v) is 7.30. The van der Waals surface area contributed by atoms with Gasteiger partial charge in [-0.3, -0.25) is 4.79 Å². The third-order valence-corrected chi connectivity index (χ3v) is 3.87. The van der Waals surface area contributed by atoms with E-state index in [1.54, 1.807) is 29.4 Å². The average Bonchev–Trinajstić information content (AvgIpc) is 3.23. The second kappa shape index (κ2) is 5.24. The van der Waals surface area contributed by atoms with Crippen LogP contribution in [0.25, 0.3) is 11.5 Å². The summed E-state index contributed by atoms with van der Waals surface area (Å²) in [4.78, 5) is 22.8. The number of rotatable bonds is 2. The molecule has 3 aromatic rings. The number of para-hydroxylation sites is 1. The molecule has 0 bridgehead atoms.